The van der Waals surface area contributed by atoms with Crippen LogP contribution in [0.5, 0.6) is 5.88 Å². The van der Waals surface area contributed by atoms with E-state index in [1.54, 1.807) is 40.8 Å². The maximum Gasteiger partial charge on any atom is 0.407 e. The Morgan fingerprint density at radius 2 is 2.10 bits per heavy atom. The van der Waals surface area contributed by atoms with Gasteiger partial charge in [0.25, 0.3) is 0 Å². The third kappa shape index (κ3) is 5.19. The number of anilines is 1. The lowest BCUT2D eigenvalue weighted by molar-refractivity contribution is 0.0490. The van der Waals surface area contributed by atoms with Gasteiger partial charge in [-0.25, -0.2) is 28.5 Å². The summed E-state index contributed by atoms with van der Waals surface area (Å²) in [5.74, 6) is 0.267. The van der Waals surface area contributed by atoms with Crippen LogP contribution in [0.3, 0.4) is 0 Å². The number of esters is 1. The quantitative estimate of drug-likeness (QED) is 0.425. The Morgan fingerprint density at radius 1 is 1.31 bits per heavy atom. The minimum Gasteiger partial charge on any atom is -0.475 e. The van der Waals surface area contributed by atoms with Gasteiger partial charge in [-0.1, -0.05) is 0 Å². The van der Waals surface area contributed by atoms with Crippen molar-refractivity contribution in [3.63, 3.8) is 0 Å². The molecule has 12 heteroatoms. The van der Waals surface area contributed by atoms with Gasteiger partial charge in [0.05, 0.1) is 30.6 Å². The van der Waals surface area contributed by atoms with Gasteiger partial charge in [0, 0.05) is 18.3 Å². The van der Waals surface area contributed by atoms with E-state index in [0.717, 1.165) is 19.0 Å². The first kappa shape index (κ1) is 26.6. The van der Waals surface area contributed by atoms with Crippen molar-refractivity contribution in [2.24, 2.45) is 5.92 Å². The number of hydrogen-bond acceptors (Lipinski definition) is 9. The fourth-order valence-electron chi connectivity index (χ4n) is 5.24. The molecule has 0 spiro atoms. The van der Waals surface area contributed by atoms with Gasteiger partial charge in [0.1, 0.15) is 29.4 Å². The van der Waals surface area contributed by atoms with E-state index in [1.807, 2.05) is 6.07 Å². The molecule has 1 aliphatic carbocycles. The van der Waals surface area contributed by atoms with Crippen molar-refractivity contribution in [2.75, 3.05) is 24.7 Å². The lowest BCUT2D eigenvalue weighted by Gasteiger charge is -2.31. The normalized spacial score (nSPS) is 20.9. The molecule has 3 aromatic heterocycles. The highest BCUT2D eigenvalue weighted by Gasteiger charge is 2.65. The Bertz CT molecular complexity index is 1410. The van der Waals surface area contributed by atoms with Gasteiger partial charge in [0.2, 0.25) is 5.88 Å². The van der Waals surface area contributed by atoms with E-state index in [4.69, 9.17) is 19.2 Å². The highest BCUT2D eigenvalue weighted by atomic mass is 19.1. The second kappa shape index (κ2) is 9.97. The summed E-state index contributed by atoms with van der Waals surface area (Å²) in [5.41, 5.74) is 0.147. The molecule has 1 amide bonds. The molecule has 5 rings (SSSR count). The zero-order chi connectivity index (χ0) is 27.9. The molecule has 0 aromatic carbocycles. The van der Waals surface area contributed by atoms with E-state index in [2.05, 4.69) is 20.3 Å². The standard InChI is InChI=1S/C27H33FN6O5/c1-6-37-24(35)19-14-30-34-10-8-21(32-22(19)34)33-9-7-17-12-27(17,33)20-11-18(28)13-29-23(20)38-15-16(2)31-25(36)39-26(3,4)5/h8,10-11,13-14,16-17H,6-7,9,12,15H2,1-5H3,(H,31,36). The van der Waals surface area contributed by atoms with Crippen molar-refractivity contribution >= 4 is 23.5 Å². The number of ether oxygens (including phenoxy) is 3. The number of nitrogens with zero attached hydrogens (tertiary/aromatic N) is 5. The number of hydrogen-bond donors (Lipinski definition) is 1. The number of halogens is 1. The van der Waals surface area contributed by atoms with Crippen LogP contribution in [0, 0.1) is 11.7 Å². The van der Waals surface area contributed by atoms with E-state index in [1.165, 1.54) is 16.8 Å². The van der Waals surface area contributed by atoms with Crippen molar-refractivity contribution in [2.45, 2.75) is 64.6 Å². The highest BCUT2D eigenvalue weighted by molar-refractivity contribution is 5.95. The van der Waals surface area contributed by atoms with E-state index >= 15 is 0 Å². The smallest absolute Gasteiger partial charge is 0.407 e. The van der Waals surface area contributed by atoms with Crippen molar-refractivity contribution in [3.8, 4) is 5.88 Å². The monoisotopic (exact) mass is 540 g/mol. The number of rotatable bonds is 8. The van der Waals surface area contributed by atoms with Crippen LogP contribution in [0.25, 0.3) is 5.65 Å². The van der Waals surface area contributed by atoms with Gasteiger partial charge < -0.3 is 24.4 Å². The van der Waals surface area contributed by atoms with Gasteiger partial charge in [-0.2, -0.15) is 5.10 Å². The zero-order valence-electron chi connectivity index (χ0n) is 22.7. The minimum absolute atomic E-state index is 0.120. The Balaban J connectivity index is 1.40. The van der Waals surface area contributed by atoms with Gasteiger partial charge in [-0.15, -0.1) is 0 Å². The molecule has 208 valence electrons. The number of nitrogens with one attached hydrogen (secondary N) is 1. The molecule has 0 radical (unpaired) electrons. The van der Waals surface area contributed by atoms with Crippen molar-refractivity contribution < 1.29 is 28.2 Å². The van der Waals surface area contributed by atoms with Gasteiger partial charge >= 0.3 is 12.1 Å². The summed E-state index contributed by atoms with van der Waals surface area (Å²) in [6, 6.07) is 2.92. The summed E-state index contributed by atoms with van der Waals surface area (Å²) in [6.45, 7) is 9.96. The molecular formula is C27H33FN6O5. The number of pyridine rings is 1. The lowest BCUT2D eigenvalue weighted by Crippen LogP contribution is -2.40. The fraction of sp³-hybridized carbons (Fsp3) is 0.519. The van der Waals surface area contributed by atoms with Crippen molar-refractivity contribution in [3.05, 3.63) is 47.7 Å². The first-order valence-electron chi connectivity index (χ1n) is 13.1. The molecule has 1 saturated heterocycles. The molecule has 4 heterocycles. The van der Waals surface area contributed by atoms with Crippen molar-refractivity contribution in [1.29, 1.82) is 0 Å². The molecular weight excluding hydrogens is 507 g/mol. The Kier molecular flexibility index (Phi) is 6.81. The minimum atomic E-state index is -0.618. The first-order valence-corrected chi connectivity index (χ1v) is 13.1. The maximum absolute atomic E-state index is 14.5. The predicted octanol–water partition coefficient (Wildman–Crippen LogP) is 3.86. The Morgan fingerprint density at radius 3 is 2.82 bits per heavy atom. The number of aromatic nitrogens is 4. The molecule has 3 atom stereocenters. The largest absolute Gasteiger partial charge is 0.475 e. The number of piperidine rings is 1. The summed E-state index contributed by atoms with van der Waals surface area (Å²) in [7, 11) is 0. The Hall–Kier alpha value is -3.96. The topological polar surface area (TPSA) is 120 Å². The van der Waals surface area contributed by atoms with Crippen LogP contribution in [0.15, 0.2) is 30.7 Å². The maximum atomic E-state index is 14.5. The van der Waals surface area contributed by atoms with Crippen LogP contribution in [0.4, 0.5) is 15.0 Å². The number of carbonyl (C=O) groups is 2. The number of amides is 1. The van der Waals surface area contributed by atoms with Crippen LogP contribution in [-0.2, 0) is 15.0 Å². The molecule has 3 unspecified atom stereocenters. The second-order valence-electron chi connectivity index (χ2n) is 11.0. The number of carbonyl (C=O) groups excluding carboxylic acids is 2. The predicted molar refractivity (Wildman–Crippen MR) is 139 cm³/mol. The lowest BCUT2D eigenvalue weighted by atomic mass is 10.0. The van der Waals surface area contributed by atoms with Crippen LogP contribution in [0.1, 0.15) is 63.4 Å². The highest BCUT2D eigenvalue weighted by Crippen LogP contribution is 2.64. The Labute approximate surface area is 225 Å². The molecule has 1 aliphatic heterocycles. The average molecular weight is 541 g/mol. The summed E-state index contributed by atoms with van der Waals surface area (Å²) in [4.78, 5) is 35.7. The summed E-state index contributed by atoms with van der Waals surface area (Å²) in [5, 5.41) is 6.96. The van der Waals surface area contributed by atoms with Gasteiger partial charge in [0.15, 0.2) is 5.65 Å². The molecule has 11 nitrogen and oxygen atoms in total. The SMILES string of the molecule is CCOC(=O)c1cnn2ccc(N3CCC4CC43c3cc(F)cnc3OCC(C)NC(=O)OC(C)(C)C)nc12. The third-order valence-corrected chi connectivity index (χ3v) is 6.90. The zero-order valence-corrected chi connectivity index (χ0v) is 22.7. The van der Waals surface area contributed by atoms with Crippen LogP contribution >= 0.6 is 0 Å². The van der Waals surface area contributed by atoms with Crippen molar-refractivity contribution in [1.82, 2.24) is 24.9 Å². The number of alkyl carbamates (subject to hydrolysis) is 1. The van der Waals surface area contributed by atoms with Gasteiger partial charge in [-0.05, 0) is 65.5 Å². The third-order valence-electron chi connectivity index (χ3n) is 6.90. The molecule has 2 aliphatic rings. The van der Waals surface area contributed by atoms with E-state index in [9.17, 15) is 14.0 Å². The second-order valence-corrected chi connectivity index (χ2v) is 11.0. The first-order chi connectivity index (χ1) is 18.5. The molecule has 1 saturated carbocycles. The van der Waals surface area contributed by atoms with Crippen LogP contribution in [0.2, 0.25) is 0 Å². The van der Waals surface area contributed by atoms with E-state index in [0.29, 0.717) is 29.5 Å². The molecule has 39 heavy (non-hydrogen) atoms. The molecule has 0 bridgehead atoms. The molecule has 3 aromatic rings. The number of fused-ring (bicyclic) bond motifs is 2. The summed E-state index contributed by atoms with van der Waals surface area (Å²) in [6.07, 6.45) is 5.45. The van der Waals surface area contributed by atoms with Gasteiger partial charge in [-0.3, -0.25) is 0 Å². The average Bonchev–Trinajstić information content (AvgIpc) is 3.24. The van der Waals surface area contributed by atoms with Crippen LogP contribution in [-0.4, -0.2) is 63.0 Å². The summed E-state index contributed by atoms with van der Waals surface area (Å²) >= 11 is 0. The van der Waals surface area contributed by atoms with Crippen LogP contribution < -0.4 is 15.0 Å². The summed E-state index contributed by atoms with van der Waals surface area (Å²) < 4.78 is 32.6. The molecule has 1 N–H and O–H groups in total. The molecule has 2 fully saturated rings. The fourth-order valence-corrected chi connectivity index (χ4v) is 5.24. The van der Waals surface area contributed by atoms with E-state index in [-0.39, 0.29) is 30.7 Å². The van der Waals surface area contributed by atoms with E-state index < -0.39 is 29.0 Å².